The minimum atomic E-state index is -2.98. The minimum Gasteiger partial charge on any atom is -0.492 e. The van der Waals surface area contributed by atoms with Crippen LogP contribution in [0.5, 0.6) is 5.75 Å². The SMILES string of the molecule is CCS(=O)(=O)CCOc1ccc(Br)cc1CCl. The van der Waals surface area contributed by atoms with E-state index < -0.39 is 9.84 Å². The van der Waals surface area contributed by atoms with Gasteiger partial charge in [-0.3, -0.25) is 0 Å². The fraction of sp³-hybridized carbons (Fsp3) is 0.455. The molecule has 0 saturated carbocycles. The van der Waals surface area contributed by atoms with E-state index in [9.17, 15) is 8.42 Å². The molecule has 0 aliphatic rings. The van der Waals surface area contributed by atoms with E-state index in [1.54, 1.807) is 13.0 Å². The van der Waals surface area contributed by atoms with E-state index in [0.717, 1.165) is 10.0 Å². The van der Waals surface area contributed by atoms with Gasteiger partial charge in [-0.25, -0.2) is 8.42 Å². The highest BCUT2D eigenvalue weighted by atomic mass is 79.9. The zero-order valence-corrected chi connectivity index (χ0v) is 12.6. The van der Waals surface area contributed by atoms with Gasteiger partial charge in [0.15, 0.2) is 9.84 Å². The van der Waals surface area contributed by atoms with Crippen LogP contribution in [0.15, 0.2) is 22.7 Å². The second-order valence-corrected chi connectivity index (χ2v) is 7.13. The summed E-state index contributed by atoms with van der Waals surface area (Å²) >= 11 is 9.12. The first-order valence-electron chi connectivity index (χ1n) is 5.16. The van der Waals surface area contributed by atoms with Crippen LogP contribution in [0.1, 0.15) is 12.5 Å². The standard InChI is InChI=1S/C11H14BrClO3S/c1-2-17(14,15)6-5-16-11-4-3-10(12)7-9(11)8-13/h3-4,7H,2,5-6,8H2,1H3. The third kappa shape index (κ3) is 4.85. The van der Waals surface area contributed by atoms with Crippen LogP contribution in [-0.2, 0) is 15.7 Å². The Morgan fingerprint density at radius 1 is 1.41 bits per heavy atom. The summed E-state index contributed by atoms with van der Waals surface area (Å²) in [4.78, 5) is 0. The van der Waals surface area contributed by atoms with Gasteiger partial charge in [-0.2, -0.15) is 0 Å². The van der Waals surface area contributed by atoms with Gasteiger partial charge < -0.3 is 4.74 Å². The van der Waals surface area contributed by atoms with Crippen LogP contribution < -0.4 is 4.74 Å². The zero-order chi connectivity index (χ0) is 12.9. The Bertz CT molecular complexity index is 474. The molecule has 0 radical (unpaired) electrons. The molecule has 0 unspecified atom stereocenters. The average Bonchev–Trinajstić information content (AvgIpc) is 2.30. The first-order valence-corrected chi connectivity index (χ1v) is 8.31. The molecular weight excluding hydrogens is 328 g/mol. The molecule has 0 heterocycles. The van der Waals surface area contributed by atoms with Gasteiger partial charge in [-0.15, -0.1) is 11.6 Å². The molecule has 0 saturated heterocycles. The van der Waals surface area contributed by atoms with Crippen molar-refractivity contribution in [1.82, 2.24) is 0 Å². The van der Waals surface area contributed by atoms with Gasteiger partial charge >= 0.3 is 0 Å². The maximum atomic E-state index is 11.3. The van der Waals surface area contributed by atoms with E-state index in [1.807, 2.05) is 12.1 Å². The Kier molecular flexibility index (Phi) is 5.76. The molecule has 1 rings (SSSR count). The lowest BCUT2D eigenvalue weighted by molar-refractivity contribution is 0.338. The number of hydrogen-bond donors (Lipinski definition) is 0. The molecule has 1 aromatic rings. The van der Waals surface area contributed by atoms with Crippen molar-refractivity contribution in [2.45, 2.75) is 12.8 Å². The lowest BCUT2D eigenvalue weighted by atomic mass is 10.2. The molecule has 0 aliphatic carbocycles. The van der Waals surface area contributed by atoms with Crippen molar-refractivity contribution in [2.24, 2.45) is 0 Å². The molecule has 0 atom stereocenters. The molecule has 3 nitrogen and oxygen atoms in total. The molecular formula is C11H14BrClO3S. The van der Waals surface area contributed by atoms with Crippen molar-refractivity contribution < 1.29 is 13.2 Å². The highest BCUT2D eigenvalue weighted by molar-refractivity contribution is 9.10. The second kappa shape index (κ2) is 6.61. The van der Waals surface area contributed by atoms with Crippen molar-refractivity contribution in [3.8, 4) is 5.75 Å². The summed E-state index contributed by atoms with van der Waals surface area (Å²) in [6, 6.07) is 5.47. The highest BCUT2D eigenvalue weighted by Gasteiger charge is 2.09. The summed E-state index contributed by atoms with van der Waals surface area (Å²) in [5.41, 5.74) is 0.843. The predicted molar refractivity (Wildman–Crippen MR) is 73.5 cm³/mol. The summed E-state index contributed by atoms with van der Waals surface area (Å²) in [5, 5.41) is 0. The van der Waals surface area contributed by atoms with Crippen LogP contribution in [0.4, 0.5) is 0 Å². The van der Waals surface area contributed by atoms with Crippen LogP contribution in [0.3, 0.4) is 0 Å². The normalized spacial score (nSPS) is 11.5. The fourth-order valence-corrected chi connectivity index (χ4v) is 2.46. The monoisotopic (exact) mass is 340 g/mol. The molecule has 1 aromatic carbocycles. The summed E-state index contributed by atoms with van der Waals surface area (Å²) in [5.74, 6) is 1.13. The van der Waals surface area contributed by atoms with E-state index in [2.05, 4.69) is 15.9 Å². The van der Waals surface area contributed by atoms with E-state index in [4.69, 9.17) is 16.3 Å². The van der Waals surface area contributed by atoms with Crippen molar-refractivity contribution in [1.29, 1.82) is 0 Å². The quantitative estimate of drug-likeness (QED) is 0.747. The van der Waals surface area contributed by atoms with Gasteiger partial charge in [-0.1, -0.05) is 22.9 Å². The van der Waals surface area contributed by atoms with Gasteiger partial charge in [-0.05, 0) is 18.2 Å². The van der Waals surface area contributed by atoms with Crippen molar-refractivity contribution >= 4 is 37.4 Å². The number of benzene rings is 1. The third-order valence-electron chi connectivity index (χ3n) is 2.26. The molecule has 6 heteroatoms. The summed E-state index contributed by atoms with van der Waals surface area (Å²) < 4.78 is 28.9. The number of alkyl halides is 1. The Morgan fingerprint density at radius 3 is 2.71 bits per heavy atom. The Hall–Kier alpha value is -0.260. The fourth-order valence-electron chi connectivity index (χ4n) is 1.22. The highest BCUT2D eigenvalue weighted by Crippen LogP contribution is 2.24. The molecule has 0 aromatic heterocycles. The van der Waals surface area contributed by atoms with Crippen molar-refractivity contribution in [2.75, 3.05) is 18.1 Å². The van der Waals surface area contributed by atoms with E-state index in [-0.39, 0.29) is 18.1 Å². The number of halogens is 2. The van der Waals surface area contributed by atoms with E-state index in [0.29, 0.717) is 11.6 Å². The number of rotatable bonds is 6. The topological polar surface area (TPSA) is 43.4 Å². The smallest absolute Gasteiger partial charge is 0.153 e. The first kappa shape index (κ1) is 14.8. The minimum absolute atomic E-state index is 0.0291. The number of ether oxygens (including phenoxy) is 1. The first-order chi connectivity index (χ1) is 7.98. The molecule has 0 fully saturated rings. The van der Waals surface area contributed by atoms with Crippen LogP contribution in [0, 0.1) is 0 Å². The number of sulfone groups is 1. The van der Waals surface area contributed by atoms with Gasteiger partial charge in [0.25, 0.3) is 0 Å². The Labute approximate surface area is 115 Å². The van der Waals surface area contributed by atoms with Crippen LogP contribution in [0.2, 0.25) is 0 Å². The van der Waals surface area contributed by atoms with Gasteiger partial charge in [0.2, 0.25) is 0 Å². The van der Waals surface area contributed by atoms with Gasteiger partial charge in [0, 0.05) is 15.8 Å². The summed E-state index contributed by atoms with van der Waals surface area (Å²) in [7, 11) is -2.98. The second-order valence-electron chi connectivity index (χ2n) is 3.47. The molecule has 0 amide bonds. The zero-order valence-electron chi connectivity index (χ0n) is 9.45. The Morgan fingerprint density at radius 2 is 2.12 bits per heavy atom. The number of hydrogen-bond acceptors (Lipinski definition) is 3. The van der Waals surface area contributed by atoms with E-state index >= 15 is 0 Å². The average molecular weight is 342 g/mol. The molecule has 0 aliphatic heterocycles. The van der Waals surface area contributed by atoms with Crippen LogP contribution >= 0.6 is 27.5 Å². The molecule has 96 valence electrons. The van der Waals surface area contributed by atoms with Crippen LogP contribution in [0.25, 0.3) is 0 Å². The molecule has 0 N–H and O–H groups in total. The predicted octanol–water partition coefficient (Wildman–Crippen LogP) is 3.00. The van der Waals surface area contributed by atoms with Gasteiger partial charge in [0.1, 0.15) is 12.4 Å². The maximum Gasteiger partial charge on any atom is 0.153 e. The summed E-state index contributed by atoms with van der Waals surface area (Å²) in [6.45, 7) is 1.78. The van der Waals surface area contributed by atoms with E-state index in [1.165, 1.54) is 0 Å². The van der Waals surface area contributed by atoms with Crippen molar-refractivity contribution in [3.05, 3.63) is 28.2 Å². The maximum absolute atomic E-state index is 11.3. The lowest BCUT2D eigenvalue weighted by Crippen LogP contribution is -2.15. The third-order valence-corrected chi connectivity index (χ3v) is 4.71. The van der Waals surface area contributed by atoms with Gasteiger partial charge in [0.05, 0.1) is 11.6 Å². The molecule has 0 bridgehead atoms. The lowest BCUT2D eigenvalue weighted by Gasteiger charge is -2.10. The largest absolute Gasteiger partial charge is 0.492 e. The van der Waals surface area contributed by atoms with Crippen molar-refractivity contribution in [3.63, 3.8) is 0 Å². The molecule has 0 spiro atoms. The van der Waals surface area contributed by atoms with Crippen LogP contribution in [-0.4, -0.2) is 26.5 Å². The molecule has 17 heavy (non-hydrogen) atoms. The Balaban J connectivity index is 2.64. The summed E-state index contributed by atoms with van der Waals surface area (Å²) in [6.07, 6.45) is 0.